The van der Waals surface area contributed by atoms with Crippen molar-refractivity contribution in [3.63, 3.8) is 0 Å². The number of nitrogens with one attached hydrogen (secondary N) is 4. The number of hydrogen-bond donors (Lipinski definition) is 5. The zero-order chi connectivity index (χ0) is 38.8. The van der Waals surface area contributed by atoms with Gasteiger partial charge in [-0.3, -0.25) is 20.1 Å². The molecule has 1 unspecified atom stereocenters. The van der Waals surface area contributed by atoms with E-state index in [0.717, 1.165) is 30.5 Å². The smallest absolute Gasteiger partial charge is 0.379 e. The number of fused-ring (bicyclic) bond motifs is 2. The Bertz CT molecular complexity index is 2300. The van der Waals surface area contributed by atoms with E-state index in [9.17, 15) is 35.5 Å². The van der Waals surface area contributed by atoms with Gasteiger partial charge in [-0.15, -0.1) is 0 Å². The van der Waals surface area contributed by atoms with Crippen molar-refractivity contribution in [2.75, 3.05) is 17.5 Å². The number of aliphatic hydroxyl groups excluding tert-OH is 1. The lowest BCUT2D eigenvalue weighted by molar-refractivity contribution is -0.0594. The Hall–Kier alpha value is -4.23. The van der Waals surface area contributed by atoms with Crippen LogP contribution in [0.1, 0.15) is 17.3 Å². The van der Waals surface area contributed by atoms with Crippen LogP contribution in [0.15, 0.2) is 65.9 Å². The van der Waals surface area contributed by atoms with Gasteiger partial charge in [0.05, 0.1) is 52.1 Å². The molecule has 5 N–H and O–H groups in total. The van der Waals surface area contributed by atoms with Crippen LogP contribution in [-0.4, -0.2) is 65.1 Å². The van der Waals surface area contributed by atoms with Crippen LogP contribution in [-0.2, 0) is 23.5 Å². The number of benzene rings is 2. The molecule has 0 amide bonds. The Balaban J connectivity index is 1.41. The minimum atomic E-state index is -5.23. The average molecular weight is 807 g/mol. The predicted molar refractivity (Wildman–Crippen MR) is 184 cm³/mol. The molecule has 2 aromatic carbocycles. The van der Waals surface area contributed by atoms with Crippen LogP contribution in [0.2, 0.25) is 10.2 Å². The fraction of sp³-hybridized carbons (Fsp3) is 0.303. The highest BCUT2D eigenvalue weighted by molar-refractivity contribution is 7.92. The maximum Gasteiger partial charge on any atom is 0.433 e. The minimum absolute atomic E-state index is 0.0517. The molecule has 2 aliphatic carbocycles. The van der Waals surface area contributed by atoms with Crippen LogP contribution in [0.4, 0.5) is 36.6 Å². The highest BCUT2D eigenvalue weighted by atomic mass is 35.5. The number of allylic oxidation sites excluding steroid dienone is 4. The monoisotopic (exact) mass is 805 g/mol. The Morgan fingerprint density at radius 2 is 1.74 bits per heavy atom. The summed E-state index contributed by atoms with van der Waals surface area (Å²) >= 11 is 12.8. The van der Waals surface area contributed by atoms with Gasteiger partial charge in [0.25, 0.3) is 5.92 Å². The second kappa shape index (κ2) is 13.9. The molecule has 0 spiro atoms. The largest absolute Gasteiger partial charge is 0.433 e. The molecule has 53 heavy (non-hydrogen) atoms. The molecule has 4 aromatic rings. The van der Waals surface area contributed by atoms with Crippen molar-refractivity contribution >= 4 is 55.7 Å². The van der Waals surface area contributed by atoms with Crippen LogP contribution < -0.4 is 15.4 Å². The van der Waals surface area contributed by atoms with Gasteiger partial charge in [0.2, 0.25) is 10.0 Å². The molecule has 20 heteroatoms. The number of alkyl halides is 5. The summed E-state index contributed by atoms with van der Waals surface area (Å²) in [5.74, 6) is -8.75. The number of anilines is 1. The molecule has 2 heterocycles. The van der Waals surface area contributed by atoms with Crippen molar-refractivity contribution in [3.05, 3.63) is 99.0 Å². The van der Waals surface area contributed by atoms with E-state index in [4.69, 9.17) is 28.6 Å². The molecule has 10 nitrogen and oxygen atoms in total. The molecule has 0 fully saturated rings. The van der Waals surface area contributed by atoms with Gasteiger partial charge in [-0.2, -0.15) is 27.1 Å². The maximum absolute atomic E-state index is 15.3. The highest BCUT2D eigenvalue weighted by Crippen LogP contribution is 2.54. The summed E-state index contributed by atoms with van der Waals surface area (Å²) < 4.78 is 128. The Morgan fingerprint density at radius 1 is 1.08 bits per heavy atom. The van der Waals surface area contributed by atoms with Crippen molar-refractivity contribution in [2.24, 2.45) is 18.9 Å². The third kappa shape index (κ3) is 7.60. The van der Waals surface area contributed by atoms with Crippen molar-refractivity contribution in [3.8, 4) is 11.1 Å². The Kier molecular flexibility index (Phi) is 10.1. The normalized spacial score (nSPS) is 19.2. The lowest BCUT2D eigenvalue weighted by atomic mass is 9.79. The molecule has 4 atom stereocenters. The molecule has 2 aromatic heterocycles. The van der Waals surface area contributed by atoms with Crippen LogP contribution in [0.3, 0.4) is 0 Å². The van der Waals surface area contributed by atoms with Crippen LogP contribution in [0, 0.1) is 28.9 Å². The van der Waals surface area contributed by atoms with Gasteiger partial charge in [-0.05, 0) is 42.3 Å². The van der Waals surface area contributed by atoms with Gasteiger partial charge in [0.1, 0.15) is 28.7 Å². The number of hydrogen-bond acceptors (Lipinski definition) is 8. The fourth-order valence-corrected chi connectivity index (χ4v) is 7.49. The summed E-state index contributed by atoms with van der Waals surface area (Å²) in [7, 11) is -2.29. The van der Waals surface area contributed by atoms with E-state index in [1.165, 1.54) is 29.9 Å². The average Bonchev–Trinajstić information content (AvgIpc) is 3.40. The number of aromatic nitrogens is 3. The molecular weight excluding hydrogens is 778 g/mol. The quantitative estimate of drug-likeness (QED) is 0.0354. The second-order valence-electron chi connectivity index (χ2n) is 12.6. The fourth-order valence-electron chi connectivity index (χ4n) is 6.60. The first-order valence-electron chi connectivity index (χ1n) is 15.6. The van der Waals surface area contributed by atoms with E-state index in [2.05, 4.69) is 25.4 Å². The molecule has 0 saturated heterocycles. The summed E-state index contributed by atoms with van der Waals surface area (Å²) in [5, 5.41) is 28.3. The summed E-state index contributed by atoms with van der Waals surface area (Å²) in [4.78, 5) is 4.44. The molecule has 0 aliphatic heterocycles. The lowest BCUT2D eigenvalue weighted by Gasteiger charge is -2.29. The second-order valence-corrected chi connectivity index (χ2v) is 15.1. The molecular formula is C33H28Cl2F7N7O3S. The zero-order valence-electron chi connectivity index (χ0n) is 27.3. The number of aryl methyl sites for hydroxylation is 1. The van der Waals surface area contributed by atoms with Gasteiger partial charge >= 0.3 is 6.18 Å². The number of sulfonamides is 1. The first kappa shape index (κ1) is 38.5. The first-order chi connectivity index (χ1) is 24.7. The van der Waals surface area contributed by atoms with Gasteiger partial charge in [0, 0.05) is 35.7 Å². The number of nitrogens with zero attached hydrogens (tertiary/aromatic N) is 3. The third-order valence-electron chi connectivity index (χ3n) is 8.78. The zero-order valence-corrected chi connectivity index (χ0v) is 29.7. The van der Waals surface area contributed by atoms with Crippen molar-refractivity contribution in [2.45, 2.75) is 30.8 Å². The lowest BCUT2D eigenvalue weighted by Crippen LogP contribution is -2.44. The van der Waals surface area contributed by atoms with Gasteiger partial charge in [0.15, 0.2) is 5.82 Å². The van der Waals surface area contributed by atoms with Crippen LogP contribution >= 0.6 is 23.2 Å². The summed E-state index contributed by atoms with van der Waals surface area (Å²) in [6, 6.07) is 7.40. The highest BCUT2D eigenvalue weighted by Gasteiger charge is 2.60. The minimum Gasteiger partial charge on any atom is -0.379 e. The molecule has 282 valence electrons. The Morgan fingerprint density at radius 3 is 2.34 bits per heavy atom. The van der Waals surface area contributed by atoms with Gasteiger partial charge in [-0.25, -0.2) is 22.2 Å². The van der Waals surface area contributed by atoms with E-state index in [-0.39, 0.29) is 44.6 Å². The molecule has 0 bridgehead atoms. The standard InChI is InChI=1S/C33H28Cl2F7N7O3S/c1-49-28-18(4-7-21(34)26(28)31(47-49)48-53(2,51)52)17-5-8-23(35)46-27(17)22(11-14-9-15(36)12-16(37)10-14)45-24(50)13-44-30-25(29(43)33(40,41)42)19-3-6-20(19)32(30,38)39/h3-10,12,19-20,22,24,43-45,50H,11,13H2,1-2H3,(H,47,48)/t19-,20+,22-,24?/m0/s1. The maximum atomic E-state index is 15.3. The van der Waals surface area contributed by atoms with Gasteiger partial charge < -0.3 is 10.4 Å². The summed E-state index contributed by atoms with van der Waals surface area (Å²) in [6.45, 7) is -0.809. The molecule has 6 rings (SSSR count). The van der Waals surface area contributed by atoms with Crippen LogP contribution in [0.25, 0.3) is 22.0 Å². The number of halogens is 9. The number of aliphatic hydroxyl groups is 1. The third-order valence-corrected chi connectivity index (χ3v) is 9.87. The van der Waals surface area contributed by atoms with E-state index in [0.29, 0.717) is 17.1 Å². The van der Waals surface area contributed by atoms with E-state index in [1.807, 2.05) is 0 Å². The number of pyridine rings is 1. The molecule has 2 aliphatic rings. The van der Waals surface area contributed by atoms with E-state index in [1.54, 1.807) is 6.07 Å². The predicted octanol–water partition coefficient (Wildman–Crippen LogP) is 6.66. The topological polar surface area (TPSA) is 145 Å². The Labute approximate surface area is 307 Å². The van der Waals surface area contributed by atoms with E-state index >= 15 is 8.78 Å². The van der Waals surface area contributed by atoms with E-state index < -0.39 is 81.4 Å². The first-order valence-corrected chi connectivity index (χ1v) is 18.2. The van der Waals surface area contributed by atoms with Gasteiger partial charge in [-0.1, -0.05) is 41.4 Å². The van der Waals surface area contributed by atoms with Crippen molar-refractivity contribution in [1.29, 1.82) is 5.41 Å². The molecule has 0 saturated carbocycles. The number of rotatable bonds is 12. The van der Waals surface area contributed by atoms with Crippen molar-refractivity contribution in [1.82, 2.24) is 25.4 Å². The van der Waals surface area contributed by atoms with Crippen molar-refractivity contribution < 1.29 is 44.3 Å². The summed E-state index contributed by atoms with van der Waals surface area (Å²) in [5.41, 5.74) is -2.99. The van der Waals surface area contributed by atoms with Crippen LogP contribution in [0.5, 0.6) is 0 Å². The SMILES string of the molecule is Cn1nc(NS(C)(=O)=O)c2c(Cl)ccc(-c3ccc(Cl)nc3[C@H](Cc3cc(F)cc(F)c3)NC(O)CNC3=C(C(=N)C(F)(F)F)[C@H]4C=C[C@H]4C3(F)F)c21. The molecule has 0 radical (unpaired) electrons. The summed E-state index contributed by atoms with van der Waals surface area (Å²) in [6.07, 6.45) is -4.23.